The van der Waals surface area contributed by atoms with Gasteiger partial charge in [0.2, 0.25) is 5.91 Å². The van der Waals surface area contributed by atoms with Crippen molar-refractivity contribution < 1.29 is 4.79 Å². The molecule has 2 fully saturated rings. The second-order valence-corrected chi connectivity index (χ2v) is 6.72. The highest BCUT2D eigenvalue weighted by Gasteiger charge is 2.46. The van der Waals surface area contributed by atoms with Crippen LogP contribution in [0.3, 0.4) is 0 Å². The van der Waals surface area contributed by atoms with Gasteiger partial charge in [0, 0.05) is 51.5 Å². The lowest BCUT2D eigenvalue weighted by Gasteiger charge is -2.35. The molecule has 4 rings (SSSR count). The minimum Gasteiger partial charge on any atom is -0.353 e. The van der Waals surface area contributed by atoms with Gasteiger partial charge in [-0.25, -0.2) is 4.98 Å². The molecular weight excluding hydrogens is 316 g/mol. The van der Waals surface area contributed by atoms with E-state index in [1.165, 1.54) is 0 Å². The molecule has 7 nitrogen and oxygen atoms in total. The lowest BCUT2D eigenvalue weighted by Crippen LogP contribution is -2.49. The van der Waals surface area contributed by atoms with Crippen LogP contribution in [0.2, 0.25) is 0 Å². The Bertz CT molecular complexity index is 830. The number of hydrogen-bond donors (Lipinski definition) is 0. The fraction of sp³-hybridized carbons (Fsp3) is 0.444. The molecule has 0 N–H and O–H groups in total. The van der Waals surface area contributed by atoms with Crippen LogP contribution in [0.4, 0.5) is 5.82 Å². The normalized spacial score (nSPS) is 22.6. The largest absolute Gasteiger partial charge is 0.353 e. The van der Waals surface area contributed by atoms with Gasteiger partial charge in [0.25, 0.3) is 0 Å². The zero-order valence-electron chi connectivity index (χ0n) is 14.2. The summed E-state index contributed by atoms with van der Waals surface area (Å²) in [6, 6.07) is 5.65. The van der Waals surface area contributed by atoms with E-state index in [-0.39, 0.29) is 11.8 Å². The molecule has 0 spiro atoms. The van der Waals surface area contributed by atoms with Gasteiger partial charge in [-0.15, -0.1) is 0 Å². The van der Waals surface area contributed by atoms with Gasteiger partial charge in [-0.3, -0.25) is 9.48 Å². The standard InChI is InChI=1S/C18H20N6O/c1-22-12-14(11-21-22)15-9-16(15)18(25)24-6-4-23(5-7-24)17-8-13(10-19)2-3-20-17/h2-3,8,11-12,15-16H,4-7,9H2,1H3/t15-,16+/m1/s1. The van der Waals surface area contributed by atoms with E-state index in [0.717, 1.165) is 30.9 Å². The van der Waals surface area contributed by atoms with E-state index in [1.54, 1.807) is 23.0 Å². The molecule has 128 valence electrons. The van der Waals surface area contributed by atoms with Crippen LogP contribution in [-0.4, -0.2) is 51.8 Å². The van der Waals surface area contributed by atoms with Gasteiger partial charge in [-0.2, -0.15) is 10.4 Å². The fourth-order valence-corrected chi connectivity index (χ4v) is 3.52. The van der Waals surface area contributed by atoms with E-state index in [0.29, 0.717) is 24.6 Å². The van der Waals surface area contributed by atoms with Crippen molar-refractivity contribution >= 4 is 11.7 Å². The average Bonchev–Trinajstić information content (AvgIpc) is 3.35. The van der Waals surface area contributed by atoms with Crippen molar-refractivity contribution in [1.29, 1.82) is 5.26 Å². The Morgan fingerprint density at radius 3 is 2.80 bits per heavy atom. The number of aryl methyl sites for hydroxylation is 1. The third-order valence-corrected chi connectivity index (χ3v) is 5.05. The van der Waals surface area contributed by atoms with E-state index in [9.17, 15) is 4.79 Å². The monoisotopic (exact) mass is 336 g/mol. The molecule has 1 amide bonds. The van der Waals surface area contributed by atoms with E-state index in [4.69, 9.17) is 5.26 Å². The van der Waals surface area contributed by atoms with Gasteiger partial charge in [-0.1, -0.05) is 0 Å². The summed E-state index contributed by atoms with van der Waals surface area (Å²) in [5, 5.41) is 13.2. The third-order valence-electron chi connectivity index (χ3n) is 5.05. The average molecular weight is 336 g/mol. The van der Waals surface area contributed by atoms with Gasteiger partial charge < -0.3 is 9.80 Å². The summed E-state index contributed by atoms with van der Waals surface area (Å²) in [7, 11) is 1.90. The first-order valence-electron chi connectivity index (χ1n) is 8.54. The van der Waals surface area contributed by atoms with E-state index in [2.05, 4.69) is 21.1 Å². The minimum absolute atomic E-state index is 0.107. The molecular formula is C18H20N6O. The molecule has 2 aromatic heterocycles. The Balaban J connectivity index is 1.34. The quantitative estimate of drug-likeness (QED) is 0.840. The molecule has 1 saturated carbocycles. The minimum atomic E-state index is 0.107. The van der Waals surface area contributed by atoms with Crippen LogP contribution < -0.4 is 4.90 Å². The van der Waals surface area contributed by atoms with Gasteiger partial charge in [0.1, 0.15) is 5.82 Å². The molecule has 2 atom stereocenters. The van der Waals surface area contributed by atoms with Crippen molar-refractivity contribution in [2.45, 2.75) is 12.3 Å². The number of rotatable bonds is 3. The molecule has 2 aliphatic rings. The first-order valence-corrected chi connectivity index (χ1v) is 8.54. The van der Waals surface area contributed by atoms with Crippen LogP contribution in [-0.2, 0) is 11.8 Å². The molecule has 2 aromatic rings. The zero-order valence-corrected chi connectivity index (χ0v) is 14.2. The Kier molecular flexibility index (Phi) is 3.88. The summed E-state index contributed by atoms with van der Waals surface area (Å²) < 4.78 is 1.79. The van der Waals surface area contributed by atoms with Crippen molar-refractivity contribution in [2.75, 3.05) is 31.1 Å². The molecule has 25 heavy (non-hydrogen) atoms. The Morgan fingerprint density at radius 2 is 2.12 bits per heavy atom. The number of aromatic nitrogens is 3. The predicted octanol–water partition coefficient (Wildman–Crippen LogP) is 1.14. The van der Waals surface area contributed by atoms with Gasteiger partial charge in [0.15, 0.2) is 0 Å². The number of nitrogens with zero attached hydrogens (tertiary/aromatic N) is 6. The molecule has 0 aromatic carbocycles. The highest BCUT2D eigenvalue weighted by molar-refractivity contribution is 5.83. The smallest absolute Gasteiger partial charge is 0.226 e. The number of carbonyl (C=O) groups excluding carboxylic acids is 1. The molecule has 0 radical (unpaired) electrons. The topological polar surface area (TPSA) is 78.0 Å². The second-order valence-electron chi connectivity index (χ2n) is 6.72. The summed E-state index contributed by atoms with van der Waals surface area (Å²) in [5.74, 6) is 1.50. The van der Waals surface area contributed by atoms with E-state index >= 15 is 0 Å². The van der Waals surface area contributed by atoms with Crippen LogP contribution in [0.25, 0.3) is 0 Å². The summed E-state index contributed by atoms with van der Waals surface area (Å²) >= 11 is 0. The van der Waals surface area contributed by atoms with Crippen LogP contribution in [0.1, 0.15) is 23.5 Å². The first-order chi connectivity index (χ1) is 12.2. The first kappa shape index (κ1) is 15.6. The summed E-state index contributed by atoms with van der Waals surface area (Å²) in [5.41, 5.74) is 1.78. The number of hydrogen-bond acceptors (Lipinski definition) is 5. The number of carbonyl (C=O) groups is 1. The number of anilines is 1. The van der Waals surface area contributed by atoms with Crippen molar-refractivity contribution in [1.82, 2.24) is 19.7 Å². The summed E-state index contributed by atoms with van der Waals surface area (Å²) in [6.07, 6.45) is 6.46. The van der Waals surface area contributed by atoms with E-state index < -0.39 is 0 Å². The molecule has 1 aliphatic heterocycles. The molecule has 1 aliphatic carbocycles. The van der Waals surface area contributed by atoms with Crippen LogP contribution in [0.15, 0.2) is 30.7 Å². The predicted molar refractivity (Wildman–Crippen MR) is 91.8 cm³/mol. The molecule has 7 heteroatoms. The Morgan fingerprint density at radius 1 is 1.32 bits per heavy atom. The highest BCUT2D eigenvalue weighted by Crippen LogP contribution is 2.48. The van der Waals surface area contributed by atoms with Crippen molar-refractivity contribution in [3.05, 3.63) is 41.9 Å². The summed E-state index contributed by atoms with van der Waals surface area (Å²) in [4.78, 5) is 21.2. The van der Waals surface area contributed by atoms with Gasteiger partial charge in [0.05, 0.1) is 17.8 Å². The number of pyridine rings is 1. The van der Waals surface area contributed by atoms with Crippen molar-refractivity contribution in [3.63, 3.8) is 0 Å². The number of amides is 1. The molecule has 1 saturated heterocycles. The fourth-order valence-electron chi connectivity index (χ4n) is 3.52. The molecule has 3 heterocycles. The number of piperazine rings is 1. The molecule has 0 unspecified atom stereocenters. The SMILES string of the molecule is Cn1cc([C@H]2C[C@@H]2C(=O)N2CCN(c3cc(C#N)ccn3)CC2)cn1. The van der Waals surface area contributed by atoms with Crippen molar-refractivity contribution in [3.8, 4) is 6.07 Å². The van der Waals surface area contributed by atoms with E-state index in [1.807, 2.05) is 24.3 Å². The number of nitriles is 1. The lowest BCUT2D eigenvalue weighted by molar-refractivity contribution is -0.133. The molecule has 0 bridgehead atoms. The van der Waals surface area contributed by atoms with Gasteiger partial charge >= 0.3 is 0 Å². The van der Waals surface area contributed by atoms with Crippen molar-refractivity contribution in [2.24, 2.45) is 13.0 Å². The third kappa shape index (κ3) is 3.07. The maximum atomic E-state index is 12.7. The Hall–Kier alpha value is -2.88. The van der Waals surface area contributed by atoms with Gasteiger partial charge in [-0.05, 0) is 30.0 Å². The lowest BCUT2D eigenvalue weighted by atomic mass is 10.1. The maximum absolute atomic E-state index is 12.7. The zero-order chi connectivity index (χ0) is 17.4. The van der Waals surface area contributed by atoms with Crippen LogP contribution in [0, 0.1) is 17.2 Å². The highest BCUT2D eigenvalue weighted by atomic mass is 16.2. The maximum Gasteiger partial charge on any atom is 0.226 e. The second kappa shape index (κ2) is 6.20. The van der Waals surface area contributed by atoms with Crippen LogP contribution in [0.5, 0.6) is 0 Å². The Labute approximate surface area is 146 Å². The summed E-state index contributed by atoms with van der Waals surface area (Å²) in [6.45, 7) is 2.90. The van der Waals surface area contributed by atoms with Crippen LogP contribution >= 0.6 is 0 Å².